The van der Waals surface area contributed by atoms with Gasteiger partial charge in [0.2, 0.25) is 0 Å². The number of aliphatic carboxylic acids is 1. The van der Waals surface area contributed by atoms with E-state index in [-0.39, 0.29) is 0 Å². The highest BCUT2D eigenvalue weighted by atomic mass is 28.4. The van der Waals surface area contributed by atoms with Gasteiger partial charge in [0.15, 0.2) is 18.1 Å². The minimum Gasteiger partial charge on any atom is -0.478 e. The zero-order valence-electron chi connectivity index (χ0n) is 15.8. The maximum atomic E-state index is 10.9. The average Bonchev–Trinajstić information content (AvgIpc) is 2.54. The topological polar surface area (TPSA) is 55.8 Å². The molecule has 136 valence electrons. The van der Waals surface area contributed by atoms with Crippen LogP contribution in [0.4, 0.5) is 0 Å². The lowest BCUT2D eigenvalue weighted by Crippen LogP contribution is -2.38. The number of carboxylic acids is 1. The summed E-state index contributed by atoms with van der Waals surface area (Å²) in [6.45, 7) is 12.8. The lowest BCUT2D eigenvalue weighted by Gasteiger charge is -2.29. The Hall–Kier alpha value is -0.219. The average molecular weight is 377 g/mol. The van der Waals surface area contributed by atoms with Crippen LogP contribution in [0, 0.1) is 0 Å². The van der Waals surface area contributed by atoms with Gasteiger partial charge in [-0.15, -0.1) is 0 Å². The highest BCUT2D eigenvalue weighted by Crippen LogP contribution is 2.23. The van der Waals surface area contributed by atoms with Gasteiger partial charge in [0, 0.05) is 5.57 Å². The smallest absolute Gasteiger partial charge is 0.330 e. The van der Waals surface area contributed by atoms with Crippen LogP contribution in [0.15, 0.2) is 11.6 Å². The first-order valence-corrected chi connectivity index (χ1v) is 14.9. The molecule has 0 saturated carbocycles. The predicted molar refractivity (Wildman–Crippen MR) is 106 cm³/mol. The van der Waals surface area contributed by atoms with Gasteiger partial charge >= 0.3 is 15.3 Å². The van der Waals surface area contributed by atoms with Gasteiger partial charge in [-0.1, -0.05) is 40.7 Å². The standard InChI is InChI=1S/C16H36O4Si3/c1-7-21(8-2)19-23(20-22(9-3)10-4)15(6)13-11-12-14(5)16(17)18/h12,15,21-23H,7-11,13H2,1-6H3,(H,17,18). The van der Waals surface area contributed by atoms with Crippen molar-refractivity contribution in [3.8, 4) is 0 Å². The van der Waals surface area contributed by atoms with Gasteiger partial charge in [-0.05, 0) is 49.5 Å². The quantitative estimate of drug-likeness (QED) is 0.390. The number of rotatable bonds is 13. The lowest BCUT2D eigenvalue weighted by atomic mass is 10.2. The molecule has 0 aliphatic rings. The Morgan fingerprint density at radius 3 is 1.83 bits per heavy atom. The second-order valence-electron chi connectivity index (χ2n) is 6.26. The van der Waals surface area contributed by atoms with Gasteiger partial charge in [-0.25, -0.2) is 4.79 Å². The molecule has 1 unspecified atom stereocenters. The van der Waals surface area contributed by atoms with Crippen molar-refractivity contribution in [2.24, 2.45) is 0 Å². The molecule has 0 aliphatic carbocycles. The van der Waals surface area contributed by atoms with Crippen molar-refractivity contribution in [2.75, 3.05) is 0 Å². The highest BCUT2D eigenvalue weighted by molar-refractivity contribution is 6.69. The van der Waals surface area contributed by atoms with E-state index in [1.54, 1.807) is 6.92 Å². The molecule has 0 saturated heterocycles. The van der Waals surface area contributed by atoms with Crippen LogP contribution in [-0.4, -0.2) is 38.4 Å². The summed E-state index contributed by atoms with van der Waals surface area (Å²) in [7, 11) is -3.87. The van der Waals surface area contributed by atoms with E-state index >= 15 is 0 Å². The van der Waals surface area contributed by atoms with Crippen LogP contribution >= 0.6 is 0 Å². The van der Waals surface area contributed by atoms with Crippen molar-refractivity contribution in [3.63, 3.8) is 0 Å². The summed E-state index contributed by atoms with van der Waals surface area (Å²) >= 11 is 0. The Kier molecular flexibility index (Phi) is 13.0. The number of carboxylic acid groups (broad SMARTS) is 1. The molecule has 0 amide bonds. The SMILES string of the molecule is CC[SiH](CC)O[SiH](O[SiH](CC)CC)C(C)CCC=C(C)C(=O)O. The van der Waals surface area contributed by atoms with Crippen LogP contribution in [0.2, 0.25) is 29.7 Å². The maximum Gasteiger partial charge on any atom is 0.330 e. The van der Waals surface area contributed by atoms with E-state index in [4.69, 9.17) is 13.3 Å². The van der Waals surface area contributed by atoms with Gasteiger partial charge in [0.05, 0.1) is 0 Å². The van der Waals surface area contributed by atoms with E-state index < -0.39 is 33.3 Å². The second-order valence-corrected chi connectivity index (χ2v) is 16.1. The van der Waals surface area contributed by atoms with Crippen molar-refractivity contribution in [1.29, 1.82) is 0 Å². The number of hydrogen-bond acceptors (Lipinski definition) is 3. The third-order valence-corrected chi connectivity index (χ3v) is 14.5. The van der Waals surface area contributed by atoms with Crippen molar-refractivity contribution in [1.82, 2.24) is 0 Å². The summed E-state index contributed by atoms with van der Waals surface area (Å²) in [5, 5.41) is 8.92. The molecule has 0 radical (unpaired) electrons. The van der Waals surface area contributed by atoms with Crippen molar-refractivity contribution >= 4 is 33.3 Å². The summed E-state index contributed by atoms with van der Waals surface area (Å²) < 4.78 is 13.0. The number of allylic oxidation sites excluding steroid dienone is 1. The van der Waals surface area contributed by atoms with Crippen LogP contribution in [0.5, 0.6) is 0 Å². The van der Waals surface area contributed by atoms with Crippen LogP contribution < -0.4 is 0 Å². The van der Waals surface area contributed by atoms with E-state index in [0.29, 0.717) is 11.1 Å². The molecule has 4 nitrogen and oxygen atoms in total. The van der Waals surface area contributed by atoms with Crippen LogP contribution in [-0.2, 0) is 13.0 Å². The van der Waals surface area contributed by atoms with E-state index in [9.17, 15) is 4.79 Å². The molecule has 0 bridgehead atoms. The summed E-state index contributed by atoms with van der Waals surface area (Å²) in [4.78, 5) is 10.9. The molecular formula is C16H36O4Si3. The molecular weight excluding hydrogens is 340 g/mol. The molecule has 0 rings (SSSR count). The maximum absolute atomic E-state index is 10.9. The van der Waals surface area contributed by atoms with Gasteiger partial charge in [0.25, 0.3) is 0 Å². The third-order valence-electron chi connectivity index (χ3n) is 4.35. The fraction of sp³-hybridized carbons (Fsp3) is 0.812. The van der Waals surface area contributed by atoms with Gasteiger partial charge in [-0.2, -0.15) is 0 Å². The van der Waals surface area contributed by atoms with E-state index in [1.807, 2.05) is 6.08 Å². The van der Waals surface area contributed by atoms with E-state index in [0.717, 1.165) is 12.8 Å². The van der Waals surface area contributed by atoms with Crippen LogP contribution in [0.3, 0.4) is 0 Å². The molecule has 0 fully saturated rings. The van der Waals surface area contributed by atoms with Crippen molar-refractivity contribution < 1.29 is 18.1 Å². The Balaban J connectivity index is 4.74. The summed E-state index contributed by atoms with van der Waals surface area (Å²) in [5.74, 6) is -0.826. The first kappa shape index (κ1) is 22.8. The normalized spacial score (nSPS) is 14.0. The largest absolute Gasteiger partial charge is 0.478 e. The minimum absolute atomic E-state index is 0.431. The molecule has 0 aliphatic heterocycles. The molecule has 0 aromatic rings. The Morgan fingerprint density at radius 2 is 1.48 bits per heavy atom. The minimum atomic E-state index is -1.66. The first-order valence-electron chi connectivity index (χ1n) is 9.10. The highest BCUT2D eigenvalue weighted by Gasteiger charge is 2.27. The molecule has 7 heteroatoms. The molecule has 1 atom stereocenters. The number of hydrogen-bond donors (Lipinski definition) is 1. The Bertz CT molecular complexity index is 341. The fourth-order valence-electron chi connectivity index (χ4n) is 2.43. The Labute approximate surface area is 147 Å². The van der Waals surface area contributed by atoms with Crippen LogP contribution in [0.25, 0.3) is 0 Å². The monoisotopic (exact) mass is 376 g/mol. The first-order chi connectivity index (χ1) is 10.9. The van der Waals surface area contributed by atoms with Gasteiger partial charge in [-0.3, -0.25) is 0 Å². The summed E-state index contributed by atoms with van der Waals surface area (Å²) in [5.41, 5.74) is 0.870. The fourth-order valence-corrected chi connectivity index (χ4v) is 13.1. The molecule has 0 heterocycles. The van der Waals surface area contributed by atoms with E-state index in [1.165, 1.54) is 24.2 Å². The Morgan fingerprint density at radius 1 is 1.04 bits per heavy atom. The second kappa shape index (κ2) is 13.1. The summed E-state index contributed by atoms with van der Waals surface area (Å²) in [6, 6.07) is 4.66. The predicted octanol–water partition coefficient (Wildman–Crippen LogP) is 3.97. The lowest BCUT2D eigenvalue weighted by molar-refractivity contribution is -0.132. The molecule has 1 N–H and O–H groups in total. The van der Waals surface area contributed by atoms with Crippen molar-refractivity contribution in [2.45, 2.75) is 84.1 Å². The molecule has 23 heavy (non-hydrogen) atoms. The number of carbonyl (C=O) groups is 1. The third kappa shape index (κ3) is 9.61. The summed E-state index contributed by atoms with van der Waals surface area (Å²) in [6.07, 6.45) is 3.59. The zero-order chi connectivity index (χ0) is 17.8. The van der Waals surface area contributed by atoms with Gasteiger partial charge in [0.1, 0.15) is 0 Å². The molecule has 0 aromatic carbocycles. The van der Waals surface area contributed by atoms with Crippen molar-refractivity contribution in [3.05, 3.63) is 11.6 Å². The molecule has 0 spiro atoms. The van der Waals surface area contributed by atoms with E-state index in [2.05, 4.69) is 34.6 Å². The molecule has 0 aromatic heterocycles. The van der Waals surface area contributed by atoms with Crippen LogP contribution in [0.1, 0.15) is 54.4 Å². The zero-order valence-corrected chi connectivity index (χ0v) is 19.3. The van der Waals surface area contributed by atoms with Gasteiger partial charge < -0.3 is 13.3 Å².